The second kappa shape index (κ2) is 6.03. The molecule has 148 valence electrons. The number of carbonyl (C=O) groups is 2. The minimum atomic E-state index is -0.781. The Balaban J connectivity index is 1.57. The van der Waals surface area contributed by atoms with Gasteiger partial charge >= 0.3 is 5.97 Å². The molecule has 0 aromatic carbocycles. The van der Waals surface area contributed by atoms with Crippen LogP contribution in [0.2, 0.25) is 0 Å². The van der Waals surface area contributed by atoms with Crippen molar-refractivity contribution in [3.63, 3.8) is 0 Å². The molecule has 0 radical (unpaired) electrons. The van der Waals surface area contributed by atoms with Crippen molar-refractivity contribution in [3.05, 3.63) is 23.0 Å². The summed E-state index contributed by atoms with van der Waals surface area (Å²) in [5.41, 5.74) is 1.83. The summed E-state index contributed by atoms with van der Waals surface area (Å²) < 4.78 is 5.49. The lowest BCUT2D eigenvalue weighted by atomic mass is 9.81. The molecule has 1 aliphatic heterocycles. The molecule has 2 saturated carbocycles. The summed E-state index contributed by atoms with van der Waals surface area (Å²) in [6, 6.07) is 1.90. The first-order valence-electron chi connectivity index (χ1n) is 10.2. The number of nitrogens with zero attached hydrogens (tertiary/aromatic N) is 3. The van der Waals surface area contributed by atoms with Crippen LogP contribution in [-0.2, 0) is 4.79 Å². The molecule has 1 N–H and O–H groups in total. The van der Waals surface area contributed by atoms with E-state index in [2.05, 4.69) is 10.1 Å². The molecule has 28 heavy (non-hydrogen) atoms. The highest BCUT2D eigenvalue weighted by molar-refractivity contribution is 6.06. The second-order valence-electron chi connectivity index (χ2n) is 9.01. The van der Waals surface area contributed by atoms with Crippen molar-refractivity contribution in [2.24, 2.45) is 11.3 Å². The molecule has 0 bridgehead atoms. The van der Waals surface area contributed by atoms with Gasteiger partial charge in [0.1, 0.15) is 0 Å². The minimum Gasteiger partial charge on any atom is -0.481 e. The molecule has 1 saturated heterocycles. The molecular formula is C21H25N3O4. The van der Waals surface area contributed by atoms with Gasteiger partial charge in [0.2, 0.25) is 0 Å². The van der Waals surface area contributed by atoms with Crippen LogP contribution in [-0.4, -0.2) is 45.1 Å². The second-order valence-corrected chi connectivity index (χ2v) is 9.01. The highest BCUT2D eigenvalue weighted by atomic mass is 16.5. The highest BCUT2D eigenvalue weighted by Gasteiger charge is 2.56. The van der Waals surface area contributed by atoms with Crippen LogP contribution in [0.5, 0.6) is 0 Å². The van der Waals surface area contributed by atoms with Crippen molar-refractivity contribution in [1.82, 2.24) is 15.0 Å². The number of pyridine rings is 1. The Morgan fingerprint density at radius 3 is 2.75 bits per heavy atom. The molecule has 3 heterocycles. The Labute approximate surface area is 163 Å². The standard InChI is InChI=1S/C21H25N3O4/c1-11(2)17-16-14(8-15(12-5-6-12)22-18(16)28-23-17)19(25)24-9-13-4-3-7-21(13,10-24)20(26)27/h8,11-13H,3-7,9-10H2,1-2H3,(H,26,27)/t13-,21+/m0/s1. The maximum Gasteiger partial charge on any atom is 0.311 e. The summed E-state index contributed by atoms with van der Waals surface area (Å²) >= 11 is 0. The Kier molecular flexibility index (Phi) is 3.80. The van der Waals surface area contributed by atoms with Crippen LogP contribution in [0.15, 0.2) is 10.6 Å². The lowest BCUT2D eigenvalue weighted by Gasteiger charge is -2.23. The first-order chi connectivity index (χ1) is 13.4. The van der Waals surface area contributed by atoms with E-state index in [1.165, 1.54) is 0 Å². The van der Waals surface area contributed by atoms with Crippen molar-refractivity contribution in [2.45, 2.75) is 57.8 Å². The zero-order valence-electron chi connectivity index (χ0n) is 16.3. The number of aliphatic carboxylic acids is 1. The van der Waals surface area contributed by atoms with Crippen molar-refractivity contribution in [1.29, 1.82) is 0 Å². The molecule has 5 rings (SSSR count). The summed E-state index contributed by atoms with van der Waals surface area (Å²) in [7, 11) is 0. The average molecular weight is 383 g/mol. The number of hydrogen-bond acceptors (Lipinski definition) is 5. The number of carboxylic acid groups (broad SMARTS) is 1. The van der Waals surface area contributed by atoms with Crippen LogP contribution in [0.1, 0.15) is 79.5 Å². The summed E-state index contributed by atoms with van der Waals surface area (Å²) in [6.07, 6.45) is 4.60. The predicted molar refractivity (Wildman–Crippen MR) is 101 cm³/mol. The van der Waals surface area contributed by atoms with Crippen LogP contribution < -0.4 is 0 Å². The van der Waals surface area contributed by atoms with Crippen molar-refractivity contribution < 1.29 is 19.2 Å². The Bertz CT molecular complexity index is 977. The van der Waals surface area contributed by atoms with Gasteiger partial charge in [-0.15, -0.1) is 0 Å². The third-order valence-corrected chi connectivity index (χ3v) is 6.85. The van der Waals surface area contributed by atoms with Crippen LogP contribution in [0.3, 0.4) is 0 Å². The SMILES string of the molecule is CC(C)c1noc2nc(C3CC3)cc(C(=O)N3C[C@@H]4CCC[C@@]4(C(=O)O)C3)c12. The summed E-state index contributed by atoms with van der Waals surface area (Å²) in [5, 5.41) is 14.7. The maximum atomic E-state index is 13.6. The fourth-order valence-electron chi connectivity index (χ4n) is 5.11. The van der Waals surface area contributed by atoms with Gasteiger partial charge in [0.05, 0.1) is 22.1 Å². The van der Waals surface area contributed by atoms with Crippen LogP contribution >= 0.6 is 0 Å². The largest absolute Gasteiger partial charge is 0.481 e. The van der Waals surface area contributed by atoms with Crippen molar-refractivity contribution in [2.75, 3.05) is 13.1 Å². The van der Waals surface area contributed by atoms with Gasteiger partial charge in [0, 0.05) is 24.7 Å². The van der Waals surface area contributed by atoms with E-state index in [1.54, 1.807) is 4.90 Å². The fourth-order valence-corrected chi connectivity index (χ4v) is 5.11. The van der Waals surface area contributed by atoms with Gasteiger partial charge in [-0.05, 0) is 43.6 Å². The quantitative estimate of drug-likeness (QED) is 0.867. The molecule has 2 aromatic rings. The van der Waals surface area contributed by atoms with Crippen LogP contribution in [0.25, 0.3) is 11.1 Å². The first-order valence-corrected chi connectivity index (χ1v) is 10.2. The lowest BCUT2D eigenvalue weighted by molar-refractivity contribution is -0.149. The Morgan fingerprint density at radius 1 is 1.32 bits per heavy atom. The van der Waals surface area contributed by atoms with Crippen LogP contribution in [0.4, 0.5) is 0 Å². The molecule has 3 fully saturated rings. The number of carboxylic acids is 1. The molecule has 1 amide bonds. The third-order valence-electron chi connectivity index (χ3n) is 6.85. The summed E-state index contributed by atoms with van der Waals surface area (Å²) in [6.45, 7) is 4.83. The van der Waals surface area contributed by atoms with Gasteiger partial charge in [-0.2, -0.15) is 0 Å². The zero-order chi connectivity index (χ0) is 19.6. The molecule has 0 unspecified atom stereocenters. The zero-order valence-corrected chi connectivity index (χ0v) is 16.3. The monoisotopic (exact) mass is 383 g/mol. The van der Waals surface area contributed by atoms with E-state index in [9.17, 15) is 14.7 Å². The summed E-state index contributed by atoms with van der Waals surface area (Å²) in [5.74, 6) is -0.357. The lowest BCUT2D eigenvalue weighted by Crippen LogP contribution is -2.37. The number of fused-ring (bicyclic) bond motifs is 2. The minimum absolute atomic E-state index is 0.0428. The van der Waals surface area contributed by atoms with E-state index < -0.39 is 11.4 Å². The van der Waals surface area contributed by atoms with Gasteiger partial charge in [-0.1, -0.05) is 25.4 Å². The Morgan fingerprint density at radius 2 is 2.11 bits per heavy atom. The third kappa shape index (κ3) is 2.48. The van der Waals surface area contributed by atoms with Gasteiger partial charge in [0.25, 0.3) is 11.6 Å². The van der Waals surface area contributed by atoms with Crippen LogP contribution in [0, 0.1) is 11.3 Å². The number of hydrogen-bond donors (Lipinski definition) is 1. The summed E-state index contributed by atoms with van der Waals surface area (Å²) in [4.78, 5) is 31.9. The topological polar surface area (TPSA) is 96.5 Å². The smallest absolute Gasteiger partial charge is 0.311 e. The average Bonchev–Trinajstić information content (AvgIpc) is 3.11. The van der Waals surface area contributed by atoms with E-state index in [-0.39, 0.29) is 24.3 Å². The first kappa shape index (κ1) is 17.6. The van der Waals surface area contributed by atoms with Gasteiger partial charge in [0.15, 0.2) is 0 Å². The molecule has 2 atom stereocenters. The molecule has 2 aliphatic carbocycles. The number of rotatable bonds is 4. The van der Waals surface area contributed by atoms with E-state index in [0.717, 1.165) is 37.1 Å². The van der Waals surface area contributed by atoms with E-state index in [1.807, 2.05) is 19.9 Å². The number of carbonyl (C=O) groups excluding carboxylic acids is 1. The van der Waals surface area contributed by atoms with Gasteiger partial charge < -0.3 is 14.5 Å². The molecule has 0 spiro atoms. The van der Waals surface area contributed by atoms with E-state index in [4.69, 9.17) is 4.52 Å². The normalized spacial score (nSPS) is 27.0. The highest BCUT2D eigenvalue weighted by Crippen LogP contribution is 2.49. The number of likely N-dealkylation sites (tertiary alicyclic amines) is 1. The molecule has 7 nitrogen and oxygen atoms in total. The fraction of sp³-hybridized carbons (Fsp3) is 0.619. The van der Waals surface area contributed by atoms with Gasteiger partial charge in [-0.3, -0.25) is 9.59 Å². The molecule has 2 aromatic heterocycles. The van der Waals surface area contributed by atoms with Gasteiger partial charge in [-0.25, -0.2) is 4.98 Å². The molecular weight excluding hydrogens is 358 g/mol. The molecule has 3 aliphatic rings. The van der Waals surface area contributed by atoms with E-state index >= 15 is 0 Å². The number of aromatic nitrogens is 2. The molecule has 7 heteroatoms. The predicted octanol–water partition coefficient (Wildman–Crippen LogP) is 3.55. The van der Waals surface area contributed by atoms with E-state index in [0.29, 0.717) is 35.5 Å². The number of amides is 1. The van der Waals surface area contributed by atoms with Crippen molar-refractivity contribution in [3.8, 4) is 0 Å². The van der Waals surface area contributed by atoms with Crippen molar-refractivity contribution >= 4 is 23.0 Å². The Hall–Kier alpha value is -2.44. The maximum absolute atomic E-state index is 13.6.